The number of fused-ring (bicyclic) bond motifs is 1. The summed E-state index contributed by atoms with van der Waals surface area (Å²) in [4.78, 5) is 12.1. The Labute approximate surface area is 157 Å². The van der Waals surface area contributed by atoms with Gasteiger partial charge in [0.15, 0.2) is 0 Å². The number of nitrogens with zero attached hydrogens (tertiary/aromatic N) is 1. The summed E-state index contributed by atoms with van der Waals surface area (Å²) in [5, 5.41) is 2.81. The number of carbonyl (C=O) groups excluding carboxylic acids is 1. The minimum absolute atomic E-state index is 0.00392. The van der Waals surface area contributed by atoms with Crippen LogP contribution in [0, 0.1) is 11.3 Å². The van der Waals surface area contributed by atoms with Gasteiger partial charge in [-0.2, -0.15) is 13.2 Å². The van der Waals surface area contributed by atoms with Gasteiger partial charge in [0.2, 0.25) is 5.91 Å². The molecule has 1 aliphatic heterocycles. The highest BCUT2D eigenvalue weighted by Crippen LogP contribution is 2.43. The Hall–Kier alpha value is -2.08. The lowest BCUT2D eigenvalue weighted by Crippen LogP contribution is -2.44. The number of hydrazine groups is 1. The first kappa shape index (κ1) is 19.7. The van der Waals surface area contributed by atoms with Crippen molar-refractivity contribution in [2.75, 3.05) is 6.54 Å². The molecule has 2 aromatic rings. The van der Waals surface area contributed by atoms with E-state index in [1.165, 1.54) is 0 Å². The normalized spacial score (nSPS) is 18.9. The van der Waals surface area contributed by atoms with Crippen molar-refractivity contribution in [1.82, 2.24) is 10.4 Å². The zero-order valence-electron chi connectivity index (χ0n) is 16.0. The molecule has 1 N–H and O–H groups in total. The number of alkyl halides is 3. The number of halogens is 3. The summed E-state index contributed by atoms with van der Waals surface area (Å²) in [6.07, 6.45) is -3.98. The molecule has 1 aliphatic rings. The molecule has 1 fully saturated rings. The van der Waals surface area contributed by atoms with E-state index in [0.717, 1.165) is 15.8 Å². The molecule has 1 saturated heterocycles. The Kier molecular flexibility index (Phi) is 4.97. The average Bonchev–Trinajstić information content (AvgIpc) is 2.80. The summed E-state index contributed by atoms with van der Waals surface area (Å²) in [6.45, 7) is 7.31. The Bertz CT molecular complexity index is 858. The number of carbonyl (C=O) groups is 1. The molecule has 0 saturated carbocycles. The van der Waals surface area contributed by atoms with Gasteiger partial charge in [0.1, 0.15) is 6.04 Å². The molecule has 0 spiro atoms. The monoisotopic (exact) mass is 378 g/mol. The van der Waals surface area contributed by atoms with Gasteiger partial charge in [-0.25, -0.2) is 5.01 Å². The lowest BCUT2D eigenvalue weighted by atomic mass is 9.88. The largest absolute Gasteiger partial charge is 0.409 e. The maximum absolute atomic E-state index is 14.2. The Balaban J connectivity index is 2.18. The van der Waals surface area contributed by atoms with Crippen molar-refractivity contribution in [1.29, 1.82) is 0 Å². The maximum atomic E-state index is 14.2. The van der Waals surface area contributed by atoms with Crippen molar-refractivity contribution in [2.24, 2.45) is 11.3 Å². The van der Waals surface area contributed by atoms with Gasteiger partial charge in [-0.1, -0.05) is 50.2 Å². The van der Waals surface area contributed by atoms with Crippen LogP contribution in [0.15, 0.2) is 36.4 Å². The van der Waals surface area contributed by atoms with E-state index in [0.29, 0.717) is 12.0 Å². The van der Waals surface area contributed by atoms with Crippen LogP contribution in [-0.2, 0) is 11.2 Å². The lowest BCUT2D eigenvalue weighted by molar-refractivity contribution is -0.191. The van der Waals surface area contributed by atoms with Crippen LogP contribution in [0.3, 0.4) is 0 Å². The molecule has 3 nitrogen and oxygen atoms in total. The molecule has 0 bridgehead atoms. The molecule has 0 aromatic heterocycles. The van der Waals surface area contributed by atoms with Crippen LogP contribution in [0.1, 0.15) is 44.9 Å². The van der Waals surface area contributed by atoms with E-state index in [2.05, 4.69) is 5.43 Å². The summed E-state index contributed by atoms with van der Waals surface area (Å²) in [5.74, 6) is -0.184. The maximum Gasteiger partial charge on any atom is 0.409 e. The van der Waals surface area contributed by atoms with Gasteiger partial charge in [0.25, 0.3) is 0 Å². The number of rotatable bonds is 4. The van der Waals surface area contributed by atoms with E-state index >= 15 is 0 Å². The quantitative estimate of drug-likeness (QED) is 0.811. The lowest BCUT2D eigenvalue weighted by Gasteiger charge is -2.32. The smallest absolute Gasteiger partial charge is 0.287 e. The standard InChI is InChI=1S/C21H25F3N2O/c1-13(2)11-17-15-8-6-5-7-14(15)9-10-16(17)18(21(22,23)24)26-12-20(3,4)19(27)25-26/h5-10,13,18H,11-12H2,1-4H3,(H,25,27). The van der Waals surface area contributed by atoms with Crippen LogP contribution >= 0.6 is 0 Å². The van der Waals surface area contributed by atoms with Crippen molar-refractivity contribution in [3.8, 4) is 0 Å². The fraction of sp³-hybridized carbons (Fsp3) is 0.476. The van der Waals surface area contributed by atoms with Gasteiger partial charge in [-0.05, 0) is 48.1 Å². The van der Waals surface area contributed by atoms with Gasteiger partial charge >= 0.3 is 6.18 Å². The molecule has 0 radical (unpaired) electrons. The molecule has 1 unspecified atom stereocenters. The first-order valence-electron chi connectivity index (χ1n) is 9.15. The van der Waals surface area contributed by atoms with E-state index in [1.807, 2.05) is 38.1 Å². The minimum atomic E-state index is -4.51. The summed E-state index contributed by atoms with van der Waals surface area (Å²) < 4.78 is 42.5. The van der Waals surface area contributed by atoms with Crippen LogP contribution in [-0.4, -0.2) is 23.6 Å². The third-order valence-electron chi connectivity index (χ3n) is 5.03. The molecule has 1 heterocycles. The highest BCUT2D eigenvalue weighted by Gasteiger charge is 2.51. The van der Waals surface area contributed by atoms with Crippen molar-refractivity contribution in [3.63, 3.8) is 0 Å². The van der Waals surface area contributed by atoms with E-state index in [9.17, 15) is 18.0 Å². The summed E-state index contributed by atoms with van der Waals surface area (Å²) in [5.41, 5.74) is 2.50. The van der Waals surface area contributed by atoms with Crippen molar-refractivity contribution in [3.05, 3.63) is 47.5 Å². The molecule has 146 valence electrons. The summed E-state index contributed by atoms with van der Waals surface area (Å²) in [6, 6.07) is 8.93. The third kappa shape index (κ3) is 3.81. The molecule has 1 atom stereocenters. The zero-order valence-corrected chi connectivity index (χ0v) is 16.0. The Morgan fingerprint density at radius 3 is 2.37 bits per heavy atom. The Morgan fingerprint density at radius 1 is 1.15 bits per heavy atom. The second kappa shape index (κ2) is 6.82. The molecule has 0 aliphatic carbocycles. The van der Waals surface area contributed by atoms with E-state index in [-0.39, 0.29) is 23.9 Å². The van der Waals surface area contributed by atoms with Crippen molar-refractivity contribution in [2.45, 2.75) is 46.3 Å². The number of amides is 1. The van der Waals surface area contributed by atoms with Gasteiger partial charge in [-0.3, -0.25) is 10.2 Å². The second-order valence-electron chi connectivity index (χ2n) is 8.35. The van der Waals surface area contributed by atoms with Crippen LogP contribution in [0.4, 0.5) is 13.2 Å². The van der Waals surface area contributed by atoms with E-state index in [1.54, 1.807) is 26.0 Å². The minimum Gasteiger partial charge on any atom is -0.287 e. The average molecular weight is 378 g/mol. The summed E-state index contributed by atoms with van der Waals surface area (Å²) in [7, 11) is 0. The Morgan fingerprint density at radius 2 is 1.81 bits per heavy atom. The van der Waals surface area contributed by atoms with Crippen LogP contribution in [0.25, 0.3) is 10.8 Å². The van der Waals surface area contributed by atoms with Gasteiger partial charge in [-0.15, -0.1) is 0 Å². The van der Waals surface area contributed by atoms with Crippen molar-refractivity contribution < 1.29 is 18.0 Å². The molecular formula is C21H25F3N2O. The molecule has 3 rings (SSSR count). The number of hydrogen-bond donors (Lipinski definition) is 1. The molecular weight excluding hydrogens is 353 g/mol. The first-order valence-corrected chi connectivity index (χ1v) is 9.15. The third-order valence-corrected chi connectivity index (χ3v) is 5.03. The molecule has 27 heavy (non-hydrogen) atoms. The van der Waals surface area contributed by atoms with Gasteiger partial charge < -0.3 is 0 Å². The predicted molar refractivity (Wildman–Crippen MR) is 99.9 cm³/mol. The fourth-order valence-electron chi connectivity index (χ4n) is 3.74. The highest BCUT2D eigenvalue weighted by atomic mass is 19.4. The second-order valence-corrected chi connectivity index (χ2v) is 8.35. The fourth-order valence-corrected chi connectivity index (χ4v) is 3.74. The summed E-state index contributed by atoms with van der Waals surface area (Å²) >= 11 is 0. The highest BCUT2D eigenvalue weighted by molar-refractivity contribution is 5.87. The molecule has 1 amide bonds. The molecule has 6 heteroatoms. The van der Waals surface area contributed by atoms with Gasteiger partial charge in [0.05, 0.1) is 5.41 Å². The van der Waals surface area contributed by atoms with Crippen LogP contribution < -0.4 is 5.43 Å². The predicted octanol–water partition coefficient (Wildman–Crippen LogP) is 5.01. The van der Waals surface area contributed by atoms with E-state index in [4.69, 9.17) is 0 Å². The first-order chi connectivity index (χ1) is 12.5. The van der Waals surface area contributed by atoms with Crippen LogP contribution in [0.5, 0.6) is 0 Å². The van der Waals surface area contributed by atoms with Gasteiger partial charge in [0, 0.05) is 6.54 Å². The SMILES string of the molecule is CC(C)Cc1c(C(N2CC(C)(C)C(=O)N2)C(F)(F)F)ccc2ccccc12. The van der Waals surface area contributed by atoms with Crippen molar-refractivity contribution >= 4 is 16.7 Å². The van der Waals surface area contributed by atoms with E-state index < -0.39 is 17.6 Å². The van der Waals surface area contributed by atoms with Crippen LogP contribution in [0.2, 0.25) is 0 Å². The number of benzene rings is 2. The number of hydrogen-bond acceptors (Lipinski definition) is 2. The molecule has 2 aromatic carbocycles. The zero-order chi connectivity index (χ0) is 20.0. The number of nitrogens with one attached hydrogen (secondary N) is 1. The topological polar surface area (TPSA) is 32.3 Å².